The molecule has 0 saturated heterocycles. The number of ether oxygens (including phenoxy) is 3. The number of nitrogens with one attached hydrogen (secondary N) is 1. The zero-order valence-electron chi connectivity index (χ0n) is 20.0. The number of aromatic nitrogens is 2. The molecular formula is C24H27N3O6S2. The molecule has 1 aliphatic carbocycles. The van der Waals surface area contributed by atoms with Gasteiger partial charge in [-0.1, -0.05) is 24.8 Å². The minimum atomic E-state index is -0.394. The van der Waals surface area contributed by atoms with E-state index < -0.39 is 5.97 Å². The van der Waals surface area contributed by atoms with Gasteiger partial charge >= 0.3 is 5.97 Å². The Balaban J connectivity index is 1.47. The van der Waals surface area contributed by atoms with Gasteiger partial charge in [0.15, 0.2) is 0 Å². The number of anilines is 1. The summed E-state index contributed by atoms with van der Waals surface area (Å²) >= 11 is 2.56. The van der Waals surface area contributed by atoms with Crippen LogP contribution < -0.4 is 14.8 Å². The summed E-state index contributed by atoms with van der Waals surface area (Å²) < 4.78 is 21.8. The van der Waals surface area contributed by atoms with Crippen LogP contribution in [0.5, 0.6) is 11.5 Å². The molecule has 1 amide bonds. The van der Waals surface area contributed by atoms with Crippen molar-refractivity contribution in [3.8, 4) is 23.0 Å². The highest BCUT2D eigenvalue weighted by atomic mass is 32.2. The van der Waals surface area contributed by atoms with Gasteiger partial charge in [-0.15, -0.1) is 21.5 Å². The second kappa shape index (κ2) is 11.1. The number of nitrogens with zero attached hydrogens (tertiary/aromatic N) is 2. The molecule has 0 saturated carbocycles. The Morgan fingerprint density at radius 1 is 1.23 bits per heavy atom. The molecule has 0 bridgehead atoms. The first-order chi connectivity index (χ1) is 16.9. The van der Waals surface area contributed by atoms with E-state index in [2.05, 4.69) is 22.4 Å². The Kier molecular flexibility index (Phi) is 7.97. The first-order valence-corrected chi connectivity index (χ1v) is 13.0. The maximum absolute atomic E-state index is 12.8. The Labute approximate surface area is 211 Å². The summed E-state index contributed by atoms with van der Waals surface area (Å²) in [7, 11) is 3.09. The standard InChI is InChI=1S/C24H27N3O6S2/c1-5-32-23(29)19-14-10-9-13(2)11-17(14)35-22(19)25-18(28)12-34-24-27-26-21(33-24)20-15(30-3)7-6-8-16(20)31-4/h6-8,13H,5,9-12H2,1-4H3,(H,25,28). The highest BCUT2D eigenvalue weighted by Crippen LogP contribution is 2.41. The largest absolute Gasteiger partial charge is 0.496 e. The summed E-state index contributed by atoms with van der Waals surface area (Å²) in [5.74, 6) is 1.20. The Morgan fingerprint density at radius 3 is 2.66 bits per heavy atom. The maximum Gasteiger partial charge on any atom is 0.341 e. The smallest absolute Gasteiger partial charge is 0.341 e. The van der Waals surface area contributed by atoms with E-state index in [1.807, 2.05) is 0 Å². The summed E-state index contributed by atoms with van der Waals surface area (Å²) in [5, 5.41) is 11.8. The van der Waals surface area contributed by atoms with Gasteiger partial charge in [-0.25, -0.2) is 4.79 Å². The van der Waals surface area contributed by atoms with E-state index in [0.717, 1.165) is 41.5 Å². The Morgan fingerprint density at radius 2 is 1.97 bits per heavy atom. The molecule has 0 aliphatic heterocycles. The number of benzene rings is 1. The molecule has 2 heterocycles. The van der Waals surface area contributed by atoms with E-state index >= 15 is 0 Å². The molecule has 0 fully saturated rings. The number of methoxy groups -OCH3 is 2. The molecule has 11 heteroatoms. The van der Waals surface area contributed by atoms with Gasteiger partial charge in [-0.2, -0.15) is 0 Å². The number of esters is 1. The number of carbonyl (C=O) groups is 2. The van der Waals surface area contributed by atoms with Crippen molar-refractivity contribution in [3.63, 3.8) is 0 Å². The lowest BCUT2D eigenvalue weighted by Crippen LogP contribution is -2.17. The molecule has 1 aliphatic rings. The lowest BCUT2D eigenvalue weighted by molar-refractivity contribution is -0.113. The zero-order chi connectivity index (χ0) is 24.9. The van der Waals surface area contributed by atoms with Crippen LogP contribution in [-0.4, -0.2) is 48.7 Å². The number of thioether (sulfide) groups is 1. The molecule has 0 radical (unpaired) electrons. The monoisotopic (exact) mass is 517 g/mol. The van der Waals surface area contributed by atoms with E-state index in [1.54, 1.807) is 39.3 Å². The van der Waals surface area contributed by atoms with Crippen LogP contribution in [-0.2, 0) is 22.4 Å². The molecule has 3 aromatic rings. The minimum absolute atomic E-state index is 0.0337. The van der Waals surface area contributed by atoms with Crippen LogP contribution in [0.25, 0.3) is 11.5 Å². The number of hydrogen-bond donors (Lipinski definition) is 1. The summed E-state index contributed by atoms with van der Waals surface area (Å²) in [6.07, 6.45) is 2.72. The molecule has 1 unspecified atom stereocenters. The van der Waals surface area contributed by atoms with Gasteiger partial charge in [0.25, 0.3) is 11.1 Å². The highest BCUT2D eigenvalue weighted by Gasteiger charge is 2.29. The van der Waals surface area contributed by atoms with Crippen molar-refractivity contribution in [1.29, 1.82) is 0 Å². The van der Waals surface area contributed by atoms with E-state index in [9.17, 15) is 9.59 Å². The van der Waals surface area contributed by atoms with Crippen molar-refractivity contribution in [2.75, 3.05) is 31.9 Å². The van der Waals surface area contributed by atoms with Crippen LogP contribution in [0.1, 0.15) is 41.1 Å². The van der Waals surface area contributed by atoms with E-state index in [4.69, 9.17) is 18.6 Å². The SMILES string of the molecule is CCOC(=O)c1c(NC(=O)CSc2nnc(-c3c(OC)cccc3OC)o2)sc2c1CCC(C)C2. The summed E-state index contributed by atoms with van der Waals surface area (Å²) in [4.78, 5) is 26.6. The Bertz CT molecular complexity index is 1200. The van der Waals surface area contributed by atoms with Gasteiger partial charge in [-0.05, 0) is 49.8 Å². The van der Waals surface area contributed by atoms with Crippen molar-refractivity contribution >= 4 is 40.0 Å². The first kappa shape index (κ1) is 25.1. The van der Waals surface area contributed by atoms with Crippen molar-refractivity contribution in [2.24, 2.45) is 5.92 Å². The molecule has 2 aromatic heterocycles. The average molecular weight is 518 g/mol. The molecule has 9 nitrogen and oxygen atoms in total. The second-order valence-electron chi connectivity index (χ2n) is 8.02. The van der Waals surface area contributed by atoms with Gasteiger partial charge in [0, 0.05) is 4.88 Å². The van der Waals surface area contributed by atoms with Crippen LogP contribution in [0.4, 0.5) is 5.00 Å². The quantitative estimate of drug-likeness (QED) is 0.314. The molecule has 1 aromatic carbocycles. The fraction of sp³-hybridized carbons (Fsp3) is 0.417. The number of rotatable bonds is 9. The Hall–Kier alpha value is -3.05. The van der Waals surface area contributed by atoms with Crippen molar-refractivity contribution in [1.82, 2.24) is 10.2 Å². The van der Waals surface area contributed by atoms with E-state index in [1.165, 1.54) is 11.3 Å². The van der Waals surface area contributed by atoms with Crippen LogP contribution >= 0.6 is 23.1 Å². The second-order valence-corrected chi connectivity index (χ2v) is 10.1. The molecule has 1 atom stereocenters. The zero-order valence-corrected chi connectivity index (χ0v) is 21.6. The fourth-order valence-electron chi connectivity index (χ4n) is 3.98. The van der Waals surface area contributed by atoms with E-state index in [-0.39, 0.29) is 29.4 Å². The molecule has 35 heavy (non-hydrogen) atoms. The van der Waals surface area contributed by atoms with Gasteiger partial charge in [0.05, 0.1) is 32.1 Å². The number of fused-ring (bicyclic) bond motifs is 1. The van der Waals surface area contributed by atoms with Gasteiger partial charge < -0.3 is 23.9 Å². The molecule has 0 spiro atoms. The first-order valence-electron chi connectivity index (χ1n) is 11.2. The lowest BCUT2D eigenvalue weighted by Gasteiger charge is -2.18. The van der Waals surface area contributed by atoms with Crippen LogP contribution in [0.3, 0.4) is 0 Å². The van der Waals surface area contributed by atoms with E-state index in [0.29, 0.717) is 33.5 Å². The summed E-state index contributed by atoms with van der Waals surface area (Å²) in [6, 6.07) is 5.33. The van der Waals surface area contributed by atoms with Gasteiger partial charge in [0.1, 0.15) is 22.1 Å². The third-order valence-corrected chi connectivity index (χ3v) is 7.61. The van der Waals surface area contributed by atoms with Crippen molar-refractivity contribution in [2.45, 2.75) is 38.3 Å². The van der Waals surface area contributed by atoms with Crippen molar-refractivity contribution < 1.29 is 28.2 Å². The van der Waals surface area contributed by atoms with Crippen LogP contribution in [0.15, 0.2) is 27.8 Å². The lowest BCUT2D eigenvalue weighted by atomic mass is 9.88. The topological polar surface area (TPSA) is 113 Å². The number of thiophene rings is 1. The fourth-order valence-corrected chi connectivity index (χ4v) is 5.96. The van der Waals surface area contributed by atoms with Crippen molar-refractivity contribution in [3.05, 3.63) is 34.2 Å². The minimum Gasteiger partial charge on any atom is -0.496 e. The summed E-state index contributed by atoms with van der Waals surface area (Å²) in [5.41, 5.74) is 2.03. The van der Waals surface area contributed by atoms with Crippen LogP contribution in [0, 0.1) is 5.92 Å². The predicted octanol–water partition coefficient (Wildman–Crippen LogP) is 4.85. The predicted molar refractivity (Wildman–Crippen MR) is 134 cm³/mol. The third-order valence-electron chi connectivity index (χ3n) is 5.62. The molecule has 1 N–H and O–H groups in total. The van der Waals surface area contributed by atoms with Gasteiger partial charge in [-0.3, -0.25) is 4.79 Å². The summed E-state index contributed by atoms with van der Waals surface area (Å²) in [6.45, 7) is 4.24. The number of hydrogen-bond acceptors (Lipinski definition) is 10. The molecule has 4 rings (SSSR count). The molecular weight excluding hydrogens is 490 g/mol. The maximum atomic E-state index is 12.8. The normalized spacial score (nSPS) is 14.8. The number of carbonyl (C=O) groups excluding carboxylic acids is 2. The third kappa shape index (κ3) is 5.46. The number of amides is 1. The van der Waals surface area contributed by atoms with Crippen LogP contribution in [0.2, 0.25) is 0 Å². The average Bonchev–Trinajstić information content (AvgIpc) is 3.46. The highest BCUT2D eigenvalue weighted by molar-refractivity contribution is 7.99. The van der Waals surface area contributed by atoms with Gasteiger partial charge in [0.2, 0.25) is 5.91 Å². The molecule has 186 valence electrons.